The summed E-state index contributed by atoms with van der Waals surface area (Å²) in [6, 6.07) is 0. The molecule has 2 N–H and O–H groups in total. The third kappa shape index (κ3) is 2.12. The molecule has 0 aromatic carbocycles. The van der Waals surface area contributed by atoms with Gasteiger partial charge in [-0.1, -0.05) is 41.5 Å². The molecule has 1 aliphatic carbocycles. The Morgan fingerprint density at radius 1 is 1.17 bits per heavy atom. The molecule has 1 unspecified atom stereocenters. The third-order valence-corrected chi connectivity index (χ3v) is 6.65. The van der Waals surface area contributed by atoms with Crippen LogP contribution in [0.2, 0.25) is 0 Å². The third-order valence-electron chi connectivity index (χ3n) is 6.65. The summed E-state index contributed by atoms with van der Waals surface area (Å²) in [5, 5.41) is 7.32. The standard InChI is InChI=1S/C16H32N2/c1-12(2)16(7-8-17-10-16)11-18-9-13-14(3,4)15(13,5)6/h12-13,17-18H,7-11H2,1-6H3. The quantitative estimate of drug-likeness (QED) is 0.786. The summed E-state index contributed by atoms with van der Waals surface area (Å²) < 4.78 is 0. The van der Waals surface area contributed by atoms with Gasteiger partial charge >= 0.3 is 0 Å². The van der Waals surface area contributed by atoms with Crippen LogP contribution in [-0.4, -0.2) is 26.2 Å². The molecule has 2 rings (SSSR count). The Morgan fingerprint density at radius 3 is 2.17 bits per heavy atom. The lowest BCUT2D eigenvalue weighted by atomic mass is 9.76. The van der Waals surface area contributed by atoms with Gasteiger partial charge in [0.1, 0.15) is 0 Å². The molecule has 0 aromatic rings. The molecule has 2 fully saturated rings. The first-order chi connectivity index (χ1) is 8.24. The van der Waals surface area contributed by atoms with Crippen molar-refractivity contribution >= 4 is 0 Å². The van der Waals surface area contributed by atoms with Crippen LogP contribution in [0.5, 0.6) is 0 Å². The second-order valence-corrected chi connectivity index (χ2v) is 8.07. The minimum absolute atomic E-state index is 0.489. The van der Waals surface area contributed by atoms with Crippen LogP contribution in [0.3, 0.4) is 0 Å². The highest BCUT2D eigenvalue weighted by Crippen LogP contribution is 2.67. The van der Waals surface area contributed by atoms with Crippen molar-refractivity contribution < 1.29 is 0 Å². The highest BCUT2D eigenvalue weighted by molar-refractivity contribution is 5.13. The van der Waals surface area contributed by atoms with Crippen LogP contribution in [0.1, 0.15) is 48.0 Å². The van der Waals surface area contributed by atoms with Gasteiger partial charge in [0.25, 0.3) is 0 Å². The maximum atomic E-state index is 3.78. The van der Waals surface area contributed by atoms with Gasteiger partial charge in [-0.3, -0.25) is 0 Å². The lowest BCUT2D eigenvalue weighted by Crippen LogP contribution is -2.41. The van der Waals surface area contributed by atoms with E-state index in [-0.39, 0.29) is 0 Å². The summed E-state index contributed by atoms with van der Waals surface area (Å²) in [6.07, 6.45) is 1.33. The van der Waals surface area contributed by atoms with Gasteiger partial charge in [-0.25, -0.2) is 0 Å². The average Bonchev–Trinajstić information content (AvgIpc) is 2.68. The lowest BCUT2D eigenvalue weighted by Gasteiger charge is -2.33. The van der Waals surface area contributed by atoms with E-state index in [1.165, 1.54) is 32.6 Å². The molecule has 0 amide bonds. The molecule has 1 atom stereocenters. The molecular weight excluding hydrogens is 220 g/mol. The van der Waals surface area contributed by atoms with Gasteiger partial charge in [0.05, 0.1) is 0 Å². The predicted molar refractivity (Wildman–Crippen MR) is 78.7 cm³/mol. The molecule has 1 saturated carbocycles. The van der Waals surface area contributed by atoms with Crippen LogP contribution >= 0.6 is 0 Å². The van der Waals surface area contributed by atoms with Gasteiger partial charge in [-0.2, -0.15) is 0 Å². The Hall–Kier alpha value is -0.0800. The Bertz CT molecular complexity index is 284. The molecule has 1 aliphatic heterocycles. The zero-order valence-electron chi connectivity index (χ0n) is 13.2. The van der Waals surface area contributed by atoms with E-state index >= 15 is 0 Å². The molecule has 2 aliphatic rings. The van der Waals surface area contributed by atoms with E-state index in [9.17, 15) is 0 Å². The molecule has 1 heterocycles. The van der Waals surface area contributed by atoms with Crippen molar-refractivity contribution in [1.29, 1.82) is 0 Å². The maximum Gasteiger partial charge on any atom is 0.00230 e. The van der Waals surface area contributed by atoms with Crippen LogP contribution in [0, 0.1) is 28.1 Å². The van der Waals surface area contributed by atoms with Gasteiger partial charge in [0.2, 0.25) is 0 Å². The van der Waals surface area contributed by atoms with Gasteiger partial charge in [0.15, 0.2) is 0 Å². The SMILES string of the molecule is CC(C)C1(CNCC2C(C)(C)C2(C)C)CCNC1. The molecule has 0 radical (unpaired) electrons. The largest absolute Gasteiger partial charge is 0.316 e. The monoisotopic (exact) mass is 252 g/mol. The Morgan fingerprint density at radius 2 is 1.78 bits per heavy atom. The molecule has 0 aromatic heterocycles. The zero-order chi connectivity index (χ0) is 13.6. The second-order valence-electron chi connectivity index (χ2n) is 8.07. The van der Waals surface area contributed by atoms with Crippen LogP contribution in [-0.2, 0) is 0 Å². The Balaban J connectivity index is 1.82. The van der Waals surface area contributed by atoms with E-state index in [2.05, 4.69) is 52.2 Å². The highest BCUT2D eigenvalue weighted by atomic mass is 15.0. The van der Waals surface area contributed by atoms with Crippen molar-refractivity contribution in [1.82, 2.24) is 10.6 Å². The van der Waals surface area contributed by atoms with E-state index < -0.39 is 0 Å². The normalized spacial score (nSPS) is 34.2. The van der Waals surface area contributed by atoms with Crippen LogP contribution in [0.25, 0.3) is 0 Å². The van der Waals surface area contributed by atoms with E-state index in [4.69, 9.17) is 0 Å². The summed E-state index contributed by atoms with van der Waals surface area (Å²) in [5.41, 5.74) is 1.51. The van der Waals surface area contributed by atoms with Crippen LogP contribution in [0.4, 0.5) is 0 Å². The highest BCUT2D eigenvalue weighted by Gasteiger charge is 2.63. The summed E-state index contributed by atoms with van der Waals surface area (Å²) in [5.74, 6) is 1.60. The summed E-state index contributed by atoms with van der Waals surface area (Å²) in [4.78, 5) is 0. The van der Waals surface area contributed by atoms with Crippen molar-refractivity contribution in [3.8, 4) is 0 Å². The van der Waals surface area contributed by atoms with Crippen molar-refractivity contribution in [2.24, 2.45) is 28.1 Å². The summed E-state index contributed by atoms with van der Waals surface area (Å²) >= 11 is 0. The molecule has 1 saturated heterocycles. The summed E-state index contributed by atoms with van der Waals surface area (Å²) in [7, 11) is 0. The Kier molecular flexibility index (Phi) is 3.57. The fourth-order valence-corrected chi connectivity index (χ4v) is 3.92. The van der Waals surface area contributed by atoms with Gasteiger partial charge in [0, 0.05) is 13.1 Å². The molecular formula is C16H32N2. The number of hydrogen-bond donors (Lipinski definition) is 2. The number of rotatable bonds is 5. The first-order valence-electron chi connectivity index (χ1n) is 7.65. The minimum Gasteiger partial charge on any atom is -0.316 e. The minimum atomic E-state index is 0.489. The number of nitrogens with one attached hydrogen (secondary N) is 2. The smallest absolute Gasteiger partial charge is 0.00230 e. The topological polar surface area (TPSA) is 24.1 Å². The molecule has 0 bridgehead atoms. The van der Waals surface area contributed by atoms with Gasteiger partial charge in [-0.05, 0) is 47.6 Å². The first-order valence-corrected chi connectivity index (χ1v) is 7.65. The predicted octanol–water partition coefficient (Wildman–Crippen LogP) is 2.89. The van der Waals surface area contributed by atoms with E-state index in [1.54, 1.807) is 0 Å². The molecule has 2 nitrogen and oxygen atoms in total. The summed E-state index contributed by atoms with van der Waals surface area (Å²) in [6.45, 7) is 19.1. The fourth-order valence-electron chi connectivity index (χ4n) is 3.92. The first kappa shape index (κ1) is 14.3. The van der Waals surface area contributed by atoms with Crippen molar-refractivity contribution in [2.45, 2.75) is 48.0 Å². The molecule has 18 heavy (non-hydrogen) atoms. The van der Waals surface area contributed by atoms with E-state index in [1.807, 2.05) is 0 Å². The molecule has 2 heteroatoms. The van der Waals surface area contributed by atoms with Crippen molar-refractivity contribution in [2.75, 3.05) is 26.2 Å². The average molecular weight is 252 g/mol. The number of hydrogen-bond acceptors (Lipinski definition) is 2. The Labute approximate surface area is 113 Å². The fraction of sp³-hybridized carbons (Fsp3) is 1.00. The van der Waals surface area contributed by atoms with Gasteiger partial charge in [-0.15, -0.1) is 0 Å². The van der Waals surface area contributed by atoms with Crippen molar-refractivity contribution in [3.63, 3.8) is 0 Å². The second kappa shape index (κ2) is 4.49. The van der Waals surface area contributed by atoms with Crippen LogP contribution < -0.4 is 10.6 Å². The zero-order valence-corrected chi connectivity index (χ0v) is 13.2. The maximum absolute atomic E-state index is 3.78. The van der Waals surface area contributed by atoms with E-state index in [0.717, 1.165) is 11.8 Å². The molecule has 0 spiro atoms. The lowest BCUT2D eigenvalue weighted by molar-refractivity contribution is 0.206. The van der Waals surface area contributed by atoms with Crippen molar-refractivity contribution in [3.05, 3.63) is 0 Å². The van der Waals surface area contributed by atoms with Crippen LogP contribution in [0.15, 0.2) is 0 Å². The molecule has 106 valence electrons. The van der Waals surface area contributed by atoms with Gasteiger partial charge < -0.3 is 10.6 Å². The van der Waals surface area contributed by atoms with E-state index in [0.29, 0.717) is 16.2 Å².